The van der Waals surface area contributed by atoms with Gasteiger partial charge in [0.25, 0.3) is 5.91 Å². The van der Waals surface area contributed by atoms with E-state index >= 15 is 0 Å². The molecule has 2 aromatic rings. The van der Waals surface area contributed by atoms with Crippen LogP contribution in [-0.2, 0) is 0 Å². The van der Waals surface area contributed by atoms with Crippen molar-refractivity contribution in [2.24, 2.45) is 0 Å². The molecule has 1 amide bonds. The van der Waals surface area contributed by atoms with Crippen molar-refractivity contribution in [2.45, 2.75) is 12.5 Å². The van der Waals surface area contributed by atoms with Gasteiger partial charge in [-0.1, -0.05) is 35.5 Å². The molecule has 6 heteroatoms. The molecule has 1 aromatic carbocycles. The third-order valence-corrected chi connectivity index (χ3v) is 4.91. The third-order valence-electron chi connectivity index (χ3n) is 4.91. The summed E-state index contributed by atoms with van der Waals surface area (Å²) in [5.74, 6) is 0.607. The predicted molar refractivity (Wildman–Crippen MR) is 90.7 cm³/mol. The van der Waals surface area contributed by atoms with Gasteiger partial charge in [-0.2, -0.15) is 0 Å². The lowest BCUT2D eigenvalue weighted by Gasteiger charge is -2.32. The van der Waals surface area contributed by atoms with E-state index in [-0.39, 0.29) is 5.91 Å². The summed E-state index contributed by atoms with van der Waals surface area (Å²) in [4.78, 5) is 17.1. The van der Waals surface area contributed by atoms with Gasteiger partial charge in [-0.15, -0.1) is 0 Å². The van der Waals surface area contributed by atoms with Crippen molar-refractivity contribution in [1.82, 2.24) is 20.3 Å². The fourth-order valence-corrected chi connectivity index (χ4v) is 3.55. The van der Waals surface area contributed by atoms with Crippen LogP contribution in [0.1, 0.15) is 16.9 Å². The maximum absolute atomic E-state index is 12.7. The Bertz CT molecular complexity index is 694. The van der Waals surface area contributed by atoms with Gasteiger partial charge in [0.1, 0.15) is 0 Å². The molecule has 1 N–H and O–H groups in total. The van der Waals surface area contributed by atoms with Crippen LogP contribution in [0.2, 0.25) is 0 Å². The zero-order valence-corrected chi connectivity index (χ0v) is 13.6. The monoisotopic (exact) mass is 326 g/mol. The minimum Gasteiger partial charge on any atom is -0.355 e. The van der Waals surface area contributed by atoms with Gasteiger partial charge in [0.15, 0.2) is 11.5 Å². The van der Waals surface area contributed by atoms with Crippen LogP contribution in [0, 0.1) is 0 Å². The fourth-order valence-electron chi connectivity index (χ4n) is 3.55. The van der Waals surface area contributed by atoms with Crippen LogP contribution < -0.4 is 5.32 Å². The largest absolute Gasteiger partial charge is 0.355 e. The van der Waals surface area contributed by atoms with E-state index in [0.717, 1.165) is 51.3 Å². The van der Waals surface area contributed by atoms with Crippen LogP contribution in [0.3, 0.4) is 0 Å². The third kappa shape index (κ3) is 3.07. The Kier molecular flexibility index (Phi) is 4.32. The molecular weight excluding hydrogens is 304 g/mol. The number of amides is 1. The van der Waals surface area contributed by atoms with Crippen molar-refractivity contribution in [3.63, 3.8) is 0 Å². The second-order valence-corrected chi connectivity index (χ2v) is 6.42. The molecule has 1 atom stereocenters. The van der Waals surface area contributed by atoms with Crippen molar-refractivity contribution in [3.8, 4) is 11.3 Å². The highest BCUT2D eigenvalue weighted by molar-refractivity contribution is 5.93. The van der Waals surface area contributed by atoms with Gasteiger partial charge in [0.2, 0.25) is 0 Å². The van der Waals surface area contributed by atoms with Crippen LogP contribution in [0.15, 0.2) is 40.9 Å². The molecule has 6 nitrogen and oxygen atoms in total. The number of hydrogen-bond donors (Lipinski definition) is 1. The van der Waals surface area contributed by atoms with E-state index < -0.39 is 0 Å². The van der Waals surface area contributed by atoms with Gasteiger partial charge < -0.3 is 14.7 Å². The first-order valence-electron chi connectivity index (χ1n) is 8.57. The second-order valence-electron chi connectivity index (χ2n) is 6.42. The Morgan fingerprint density at radius 2 is 1.96 bits per heavy atom. The lowest BCUT2D eigenvalue weighted by Crippen LogP contribution is -2.49. The molecule has 0 radical (unpaired) electrons. The van der Waals surface area contributed by atoms with Gasteiger partial charge in [-0.05, 0) is 6.42 Å². The molecule has 2 aliphatic rings. The summed E-state index contributed by atoms with van der Waals surface area (Å²) in [6.07, 6.45) is 1.04. The van der Waals surface area contributed by atoms with Crippen molar-refractivity contribution in [2.75, 3.05) is 39.3 Å². The van der Waals surface area contributed by atoms with Crippen LogP contribution in [0.4, 0.5) is 0 Å². The van der Waals surface area contributed by atoms with Crippen LogP contribution >= 0.6 is 0 Å². The number of rotatable bonds is 3. The fraction of sp³-hybridized carbons (Fsp3) is 0.444. The molecule has 126 valence electrons. The predicted octanol–water partition coefficient (Wildman–Crippen LogP) is 1.46. The molecule has 2 fully saturated rings. The minimum atomic E-state index is -0.0291. The SMILES string of the molecule is O=C(c1cc(-c2ccccc2)on1)N1CCC(N2CCNCC2)C1. The van der Waals surface area contributed by atoms with Crippen LogP contribution in [0.25, 0.3) is 11.3 Å². The molecule has 2 saturated heterocycles. The summed E-state index contributed by atoms with van der Waals surface area (Å²) in [6, 6.07) is 11.9. The summed E-state index contributed by atoms with van der Waals surface area (Å²) >= 11 is 0. The Morgan fingerprint density at radius 3 is 2.75 bits per heavy atom. The molecule has 3 heterocycles. The molecule has 2 aliphatic heterocycles. The first-order chi connectivity index (χ1) is 11.8. The molecule has 24 heavy (non-hydrogen) atoms. The molecule has 4 rings (SSSR count). The molecule has 0 aliphatic carbocycles. The van der Waals surface area contributed by atoms with Gasteiger partial charge in [0, 0.05) is 56.9 Å². The molecule has 1 aromatic heterocycles. The van der Waals surface area contributed by atoms with Gasteiger partial charge in [-0.25, -0.2) is 0 Å². The van der Waals surface area contributed by atoms with E-state index in [4.69, 9.17) is 4.52 Å². The summed E-state index contributed by atoms with van der Waals surface area (Å²) in [7, 11) is 0. The topological polar surface area (TPSA) is 61.6 Å². The number of aromatic nitrogens is 1. The van der Waals surface area contributed by atoms with Crippen LogP contribution in [0.5, 0.6) is 0 Å². The highest BCUT2D eigenvalue weighted by Crippen LogP contribution is 2.22. The number of benzene rings is 1. The van der Waals surface area contributed by atoms with Gasteiger partial charge in [0.05, 0.1) is 0 Å². The number of piperazine rings is 1. The van der Waals surface area contributed by atoms with Crippen molar-refractivity contribution in [1.29, 1.82) is 0 Å². The smallest absolute Gasteiger partial charge is 0.276 e. The summed E-state index contributed by atoms with van der Waals surface area (Å²) in [5, 5.41) is 7.36. The lowest BCUT2D eigenvalue weighted by molar-refractivity contribution is 0.0763. The Morgan fingerprint density at radius 1 is 1.17 bits per heavy atom. The van der Waals surface area contributed by atoms with Crippen molar-refractivity contribution < 1.29 is 9.32 Å². The first-order valence-corrected chi connectivity index (χ1v) is 8.57. The zero-order valence-electron chi connectivity index (χ0n) is 13.6. The average molecular weight is 326 g/mol. The maximum Gasteiger partial charge on any atom is 0.276 e. The zero-order chi connectivity index (χ0) is 16.4. The van der Waals surface area contributed by atoms with E-state index in [1.54, 1.807) is 6.07 Å². The van der Waals surface area contributed by atoms with Gasteiger partial charge >= 0.3 is 0 Å². The van der Waals surface area contributed by atoms with E-state index in [1.165, 1.54) is 0 Å². The molecule has 1 unspecified atom stereocenters. The Hall–Kier alpha value is -2.18. The van der Waals surface area contributed by atoms with E-state index in [1.807, 2.05) is 35.2 Å². The average Bonchev–Trinajstić information content (AvgIpc) is 3.33. The first kappa shape index (κ1) is 15.4. The highest BCUT2D eigenvalue weighted by atomic mass is 16.5. The number of nitrogens with one attached hydrogen (secondary N) is 1. The van der Waals surface area contributed by atoms with Crippen LogP contribution in [-0.4, -0.2) is 66.2 Å². The standard InChI is InChI=1S/C18H22N4O2/c23-18(16-12-17(24-20-16)14-4-2-1-3-5-14)22-9-6-15(13-22)21-10-7-19-8-11-21/h1-5,12,15,19H,6-11,13H2. The lowest BCUT2D eigenvalue weighted by atomic mass is 10.1. The summed E-state index contributed by atoms with van der Waals surface area (Å²) < 4.78 is 5.36. The van der Waals surface area contributed by atoms with E-state index in [0.29, 0.717) is 17.5 Å². The highest BCUT2D eigenvalue weighted by Gasteiger charge is 2.32. The van der Waals surface area contributed by atoms with Crippen molar-refractivity contribution >= 4 is 5.91 Å². The normalized spacial score (nSPS) is 22.0. The number of carbonyl (C=O) groups excluding carboxylic acids is 1. The summed E-state index contributed by atoms with van der Waals surface area (Å²) in [5.41, 5.74) is 1.33. The maximum atomic E-state index is 12.7. The van der Waals surface area contributed by atoms with E-state index in [9.17, 15) is 4.79 Å². The van der Waals surface area contributed by atoms with Gasteiger partial charge in [-0.3, -0.25) is 9.69 Å². The number of hydrogen-bond acceptors (Lipinski definition) is 5. The number of carbonyl (C=O) groups is 1. The van der Waals surface area contributed by atoms with E-state index in [2.05, 4.69) is 15.4 Å². The number of nitrogens with zero attached hydrogens (tertiary/aromatic N) is 3. The van der Waals surface area contributed by atoms with Crippen molar-refractivity contribution in [3.05, 3.63) is 42.1 Å². The molecule has 0 saturated carbocycles. The second kappa shape index (κ2) is 6.75. The summed E-state index contributed by atoms with van der Waals surface area (Å²) in [6.45, 7) is 5.78. The quantitative estimate of drug-likeness (QED) is 0.925. The number of likely N-dealkylation sites (tertiary alicyclic amines) is 1. The minimum absolute atomic E-state index is 0.0291. The molecule has 0 bridgehead atoms. The Balaban J connectivity index is 1.42. The Labute approximate surface area is 141 Å². The molecule has 0 spiro atoms. The molecular formula is C18H22N4O2.